The molecule has 0 radical (unpaired) electrons. The van der Waals surface area contributed by atoms with Crippen molar-refractivity contribution < 1.29 is 13.2 Å². The Morgan fingerprint density at radius 2 is 0.712 bits per heavy atom. The number of hydrogen-bond donors (Lipinski definition) is 0. The highest BCUT2D eigenvalue weighted by Gasteiger charge is 2.42. The Labute approximate surface area is 296 Å². The molecule has 2 heterocycles. The lowest BCUT2D eigenvalue weighted by Gasteiger charge is -2.27. The first-order valence-electron chi connectivity index (χ1n) is 16.6. The summed E-state index contributed by atoms with van der Waals surface area (Å²) in [5, 5.41) is 23.9. The molecule has 2 aromatic heterocycles. The quantitative estimate of drug-likeness (QED) is 0.186. The number of benzene rings is 7. The van der Waals surface area contributed by atoms with Crippen molar-refractivity contribution in [2.24, 2.45) is 0 Å². The molecule has 246 valence electrons. The van der Waals surface area contributed by atoms with Gasteiger partial charge in [0.15, 0.2) is 0 Å². The Bertz CT molecular complexity index is 2690. The first-order valence-corrected chi connectivity index (χ1v) is 16.6. The van der Waals surface area contributed by atoms with Gasteiger partial charge in [-0.3, -0.25) is 0 Å². The molecular formula is C45H25F3N4. The monoisotopic (exact) mass is 678 g/mol. The zero-order chi connectivity index (χ0) is 35.6. The molecule has 7 heteroatoms. The molecule has 0 fully saturated rings. The van der Waals surface area contributed by atoms with E-state index in [1.165, 1.54) is 0 Å². The van der Waals surface area contributed by atoms with Crippen LogP contribution in [0.1, 0.15) is 16.7 Å². The lowest BCUT2D eigenvalue weighted by Crippen LogP contribution is -2.18. The Balaban J connectivity index is 1.62. The molecule has 4 nitrogen and oxygen atoms in total. The zero-order valence-electron chi connectivity index (χ0n) is 27.4. The Hall–Kier alpha value is -7.09. The van der Waals surface area contributed by atoms with Gasteiger partial charge in [0, 0.05) is 43.8 Å². The van der Waals surface area contributed by atoms with Gasteiger partial charge in [0.25, 0.3) is 0 Å². The Morgan fingerprint density at radius 3 is 1.04 bits per heavy atom. The third kappa shape index (κ3) is 4.54. The summed E-state index contributed by atoms with van der Waals surface area (Å²) in [4.78, 5) is 0. The van der Waals surface area contributed by atoms with Gasteiger partial charge < -0.3 is 9.13 Å². The van der Waals surface area contributed by atoms with Crippen LogP contribution < -0.4 is 0 Å². The summed E-state index contributed by atoms with van der Waals surface area (Å²) >= 11 is 0. The molecule has 0 bridgehead atoms. The highest BCUT2D eigenvalue weighted by Crippen LogP contribution is 2.51. The van der Waals surface area contributed by atoms with Gasteiger partial charge in [-0.1, -0.05) is 109 Å². The van der Waals surface area contributed by atoms with Gasteiger partial charge in [0.2, 0.25) is 0 Å². The minimum Gasteiger partial charge on any atom is -0.308 e. The van der Waals surface area contributed by atoms with E-state index in [9.17, 15) is 10.5 Å². The van der Waals surface area contributed by atoms with Gasteiger partial charge in [0.05, 0.1) is 56.7 Å². The molecule has 0 unspecified atom stereocenters. The van der Waals surface area contributed by atoms with Crippen LogP contribution in [0.25, 0.3) is 77.2 Å². The number of nitriles is 2. The van der Waals surface area contributed by atoms with Gasteiger partial charge in [-0.15, -0.1) is 0 Å². The van der Waals surface area contributed by atoms with Crippen LogP contribution in [0.2, 0.25) is 0 Å². The molecule has 0 amide bonds. The molecule has 52 heavy (non-hydrogen) atoms. The third-order valence-corrected chi connectivity index (χ3v) is 9.84. The van der Waals surface area contributed by atoms with Crippen LogP contribution in [0.15, 0.2) is 152 Å². The summed E-state index contributed by atoms with van der Waals surface area (Å²) in [5.41, 5.74) is 2.80. The van der Waals surface area contributed by atoms with E-state index in [1.807, 2.05) is 97.1 Å². The van der Waals surface area contributed by atoms with E-state index in [2.05, 4.69) is 12.1 Å². The normalized spacial score (nSPS) is 11.7. The second-order valence-electron chi connectivity index (χ2n) is 12.6. The van der Waals surface area contributed by atoms with E-state index < -0.39 is 11.7 Å². The predicted molar refractivity (Wildman–Crippen MR) is 200 cm³/mol. The average Bonchev–Trinajstić information content (AvgIpc) is 3.69. The Kier molecular flexibility index (Phi) is 7.00. The van der Waals surface area contributed by atoms with Gasteiger partial charge in [-0.2, -0.15) is 23.7 Å². The van der Waals surface area contributed by atoms with E-state index in [0.29, 0.717) is 33.2 Å². The topological polar surface area (TPSA) is 57.4 Å². The Morgan fingerprint density at radius 1 is 0.404 bits per heavy atom. The SMILES string of the molecule is N#Cc1ccccc1-c1cc(-c2ccccc2C#N)c(-n2c3ccccc3c3ccccc32)c(C(F)(F)F)c1-n1c2ccccc2c2ccccc21. The van der Waals surface area contributed by atoms with Crippen molar-refractivity contribution >= 4 is 43.6 Å². The van der Waals surface area contributed by atoms with Crippen LogP contribution in [0, 0.1) is 22.7 Å². The molecule has 7 aromatic carbocycles. The number of rotatable bonds is 4. The van der Waals surface area contributed by atoms with Gasteiger partial charge >= 0.3 is 6.18 Å². The van der Waals surface area contributed by atoms with Gasteiger partial charge in [-0.25, -0.2) is 0 Å². The summed E-state index contributed by atoms with van der Waals surface area (Å²) in [6, 6.07) is 49.4. The molecule has 0 N–H and O–H groups in total. The number of halogens is 3. The number of aromatic nitrogens is 2. The zero-order valence-corrected chi connectivity index (χ0v) is 27.4. The first kappa shape index (κ1) is 30.9. The third-order valence-electron chi connectivity index (χ3n) is 9.84. The summed E-state index contributed by atoms with van der Waals surface area (Å²) in [5.74, 6) is 0. The minimum absolute atomic E-state index is 0.109. The van der Waals surface area contributed by atoms with Crippen molar-refractivity contribution in [3.8, 4) is 45.8 Å². The van der Waals surface area contributed by atoms with Gasteiger partial charge in [0.1, 0.15) is 5.56 Å². The maximum atomic E-state index is 16.7. The van der Waals surface area contributed by atoms with Crippen molar-refractivity contribution in [2.75, 3.05) is 0 Å². The molecule has 9 aromatic rings. The summed E-state index contributed by atoms with van der Waals surface area (Å²) in [6.45, 7) is 0. The van der Waals surface area contributed by atoms with Crippen molar-refractivity contribution in [1.29, 1.82) is 10.5 Å². The fourth-order valence-corrected chi connectivity index (χ4v) is 7.76. The predicted octanol–water partition coefficient (Wildman–Crippen LogP) is 12.0. The van der Waals surface area contributed by atoms with E-state index in [0.717, 1.165) is 21.5 Å². The van der Waals surface area contributed by atoms with E-state index >= 15 is 13.2 Å². The molecule has 0 atom stereocenters. The lowest BCUT2D eigenvalue weighted by molar-refractivity contribution is -0.137. The van der Waals surface area contributed by atoms with E-state index in [-0.39, 0.29) is 33.6 Å². The van der Waals surface area contributed by atoms with Crippen LogP contribution in [0.3, 0.4) is 0 Å². The molecular weight excluding hydrogens is 654 g/mol. The fraction of sp³-hybridized carbons (Fsp3) is 0.0222. The number of fused-ring (bicyclic) bond motifs is 6. The van der Waals surface area contributed by atoms with Crippen molar-refractivity contribution in [2.45, 2.75) is 6.18 Å². The molecule has 9 rings (SSSR count). The smallest absolute Gasteiger partial charge is 0.308 e. The second kappa shape index (κ2) is 11.8. The minimum atomic E-state index is -4.93. The summed E-state index contributed by atoms with van der Waals surface area (Å²) in [6.07, 6.45) is -4.93. The maximum absolute atomic E-state index is 16.7. The maximum Gasteiger partial charge on any atom is 0.420 e. The number of hydrogen-bond acceptors (Lipinski definition) is 2. The molecule has 0 saturated heterocycles. The van der Waals surface area contributed by atoms with Crippen LogP contribution >= 0.6 is 0 Å². The number of nitrogens with zero attached hydrogens (tertiary/aromatic N) is 4. The highest BCUT2D eigenvalue weighted by atomic mass is 19.4. The summed E-state index contributed by atoms with van der Waals surface area (Å²) in [7, 11) is 0. The molecule has 0 aliphatic carbocycles. The molecule has 0 aliphatic heterocycles. The highest BCUT2D eigenvalue weighted by molar-refractivity contribution is 6.12. The number of alkyl halides is 3. The van der Waals surface area contributed by atoms with Crippen LogP contribution in [0.5, 0.6) is 0 Å². The van der Waals surface area contributed by atoms with Crippen LogP contribution in [-0.2, 0) is 6.18 Å². The molecule has 0 spiro atoms. The molecule has 0 saturated carbocycles. The standard InChI is InChI=1S/C45H25F3N4/c46-45(47,48)42-43(51-38-21-9-5-17-32(38)33-18-6-10-22-39(33)51)36(30-15-3-1-13-28(30)26-49)25-37(31-16-4-2-14-29(31)27-50)44(42)52-40-23-11-7-19-34(40)35-20-8-12-24-41(35)52/h1-25H. The fourth-order valence-electron chi connectivity index (χ4n) is 7.76. The number of para-hydroxylation sites is 4. The van der Waals surface area contributed by atoms with Gasteiger partial charge in [-0.05, 0) is 42.5 Å². The first-order chi connectivity index (χ1) is 25.4. The van der Waals surface area contributed by atoms with Crippen LogP contribution in [0.4, 0.5) is 13.2 Å². The summed E-state index contributed by atoms with van der Waals surface area (Å²) < 4.78 is 53.5. The van der Waals surface area contributed by atoms with Crippen molar-refractivity contribution in [3.63, 3.8) is 0 Å². The van der Waals surface area contributed by atoms with Crippen LogP contribution in [-0.4, -0.2) is 9.13 Å². The molecule has 0 aliphatic rings. The van der Waals surface area contributed by atoms with Crippen molar-refractivity contribution in [1.82, 2.24) is 9.13 Å². The van der Waals surface area contributed by atoms with E-state index in [4.69, 9.17) is 0 Å². The lowest BCUT2D eigenvalue weighted by atomic mass is 9.88. The van der Waals surface area contributed by atoms with E-state index in [1.54, 1.807) is 63.7 Å². The van der Waals surface area contributed by atoms with Crippen molar-refractivity contribution in [3.05, 3.63) is 168 Å². The largest absolute Gasteiger partial charge is 0.420 e. The average molecular weight is 679 g/mol. The second-order valence-corrected chi connectivity index (χ2v) is 12.6.